The molecule has 1 nitrogen and oxygen atoms in total. The summed E-state index contributed by atoms with van der Waals surface area (Å²) in [6.45, 7) is 2.17. The maximum absolute atomic E-state index is 5.81. The minimum atomic E-state index is 0.257. The lowest BCUT2D eigenvalue weighted by atomic mass is 10.2. The van der Waals surface area contributed by atoms with E-state index in [2.05, 4.69) is 6.92 Å². The third-order valence-electron chi connectivity index (χ3n) is 2.65. The first-order chi connectivity index (χ1) is 3.16. The van der Waals surface area contributed by atoms with Crippen LogP contribution in [-0.2, 0) is 0 Å². The van der Waals surface area contributed by atoms with Crippen LogP contribution in [0.2, 0.25) is 0 Å². The molecule has 0 bridgehead atoms. The van der Waals surface area contributed by atoms with Gasteiger partial charge >= 0.3 is 0 Å². The molecule has 0 heterocycles. The summed E-state index contributed by atoms with van der Waals surface area (Å²) in [5.41, 5.74) is 6.74. The Morgan fingerprint density at radius 3 is 1.86 bits per heavy atom. The molecular formula is C6H11N. The van der Waals surface area contributed by atoms with Crippen molar-refractivity contribution < 1.29 is 0 Å². The van der Waals surface area contributed by atoms with Crippen LogP contribution in [0.3, 0.4) is 0 Å². The molecule has 40 valence electrons. The molecule has 1 unspecified atom stereocenters. The van der Waals surface area contributed by atoms with E-state index in [-0.39, 0.29) is 5.54 Å². The van der Waals surface area contributed by atoms with Crippen LogP contribution in [-0.4, -0.2) is 5.54 Å². The van der Waals surface area contributed by atoms with Gasteiger partial charge in [0.1, 0.15) is 0 Å². The molecule has 2 N–H and O–H groups in total. The number of rotatable bonds is 0. The molecule has 2 aliphatic rings. The highest BCUT2D eigenvalue weighted by molar-refractivity contribution is 5.24. The summed E-state index contributed by atoms with van der Waals surface area (Å²) in [6.07, 6.45) is 4.10. The minimum Gasteiger partial charge on any atom is -0.325 e. The van der Waals surface area contributed by atoms with E-state index in [1.54, 1.807) is 0 Å². The Morgan fingerprint density at radius 1 is 1.43 bits per heavy atom. The summed E-state index contributed by atoms with van der Waals surface area (Å²) in [6, 6.07) is 0. The van der Waals surface area contributed by atoms with Gasteiger partial charge in [-0.05, 0) is 31.6 Å². The predicted molar refractivity (Wildman–Crippen MR) is 28.9 cm³/mol. The summed E-state index contributed by atoms with van der Waals surface area (Å²) in [4.78, 5) is 0. The van der Waals surface area contributed by atoms with Crippen LogP contribution in [0.25, 0.3) is 0 Å². The smallest absolute Gasteiger partial charge is 0.0189 e. The zero-order valence-corrected chi connectivity index (χ0v) is 4.70. The third kappa shape index (κ3) is 0.290. The van der Waals surface area contributed by atoms with Crippen molar-refractivity contribution in [3.8, 4) is 0 Å². The van der Waals surface area contributed by atoms with Crippen molar-refractivity contribution in [2.75, 3.05) is 0 Å². The molecule has 2 rings (SSSR count). The summed E-state index contributed by atoms with van der Waals surface area (Å²) in [7, 11) is 0. The average molecular weight is 97.2 g/mol. The summed E-state index contributed by atoms with van der Waals surface area (Å²) >= 11 is 0. The van der Waals surface area contributed by atoms with E-state index >= 15 is 0 Å². The molecule has 2 fully saturated rings. The Labute approximate surface area is 43.9 Å². The van der Waals surface area contributed by atoms with Crippen LogP contribution < -0.4 is 5.73 Å². The highest BCUT2D eigenvalue weighted by Gasteiger charge is 2.69. The van der Waals surface area contributed by atoms with E-state index in [1.165, 1.54) is 19.3 Å². The standard InChI is InChI=1S/C6H11N/c1-5(7)4-6(5)2-3-6/h2-4,7H2,1H3. The fourth-order valence-electron chi connectivity index (χ4n) is 1.56. The van der Waals surface area contributed by atoms with Crippen molar-refractivity contribution in [3.05, 3.63) is 0 Å². The minimum absolute atomic E-state index is 0.257. The molecule has 0 aromatic rings. The Morgan fingerprint density at radius 2 is 1.86 bits per heavy atom. The van der Waals surface area contributed by atoms with Gasteiger partial charge in [0.15, 0.2) is 0 Å². The molecule has 7 heavy (non-hydrogen) atoms. The summed E-state index contributed by atoms with van der Waals surface area (Å²) in [5, 5.41) is 0. The number of nitrogens with two attached hydrogens (primary N) is 1. The van der Waals surface area contributed by atoms with Crippen molar-refractivity contribution >= 4 is 0 Å². The normalized spacial score (nSPS) is 52.3. The Kier molecular flexibility index (Phi) is 0.365. The maximum Gasteiger partial charge on any atom is 0.0189 e. The molecule has 1 spiro atoms. The van der Waals surface area contributed by atoms with Crippen molar-refractivity contribution in [1.29, 1.82) is 0 Å². The zero-order valence-electron chi connectivity index (χ0n) is 4.70. The van der Waals surface area contributed by atoms with Crippen LogP contribution in [0.1, 0.15) is 26.2 Å². The van der Waals surface area contributed by atoms with E-state index in [1.807, 2.05) is 0 Å². The van der Waals surface area contributed by atoms with Gasteiger partial charge in [-0.25, -0.2) is 0 Å². The van der Waals surface area contributed by atoms with Crippen LogP contribution in [0.5, 0.6) is 0 Å². The van der Waals surface area contributed by atoms with E-state index < -0.39 is 0 Å². The van der Waals surface area contributed by atoms with Crippen molar-refractivity contribution in [1.82, 2.24) is 0 Å². The molecule has 0 aromatic carbocycles. The summed E-state index contributed by atoms with van der Waals surface area (Å²) < 4.78 is 0. The fourth-order valence-corrected chi connectivity index (χ4v) is 1.56. The highest BCUT2D eigenvalue weighted by Crippen LogP contribution is 2.71. The molecule has 2 saturated carbocycles. The Bertz CT molecular complexity index is 109. The second-order valence-corrected chi connectivity index (χ2v) is 3.37. The fraction of sp³-hybridized carbons (Fsp3) is 1.00. The molecule has 0 saturated heterocycles. The molecule has 0 radical (unpaired) electrons. The lowest BCUT2D eigenvalue weighted by Gasteiger charge is -1.95. The van der Waals surface area contributed by atoms with Crippen molar-refractivity contribution in [2.45, 2.75) is 31.7 Å². The van der Waals surface area contributed by atoms with E-state index in [9.17, 15) is 0 Å². The van der Waals surface area contributed by atoms with Crippen LogP contribution >= 0.6 is 0 Å². The van der Waals surface area contributed by atoms with Gasteiger partial charge in [-0.1, -0.05) is 0 Å². The van der Waals surface area contributed by atoms with Gasteiger partial charge in [0.05, 0.1) is 0 Å². The predicted octanol–water partition coefficient (Wildman–Crippen LogP) is 0.888. The lowest BCUT2D eigenvalue weighted by molar-refractivity contribution is 0.647. The van der Waals surface area contributed by atoms with Gasteiger partial charge in [-0.2, -0.15) is 0 Å². The molecule has 0 amide bonds. The van der Waals surface area contributed by atoms with Gasteiger partial charge in [-0.15, -0.1) is 0 Å². The molecule has 2 aliphatic carbocycles. The Hall–Kier alpha value is -0.0400. The van der Waals surface area contributed by atoms with Crippen LogP contribution in [0.15, 0.2) is 0 Å². The summed E-state index contributed by atoms with van der Waals surface area (Å²) in [5.74, 6) is 0. The second kappa shape index (κ2) is 0.655. The maximum atomic E-state index is 5.81. The van der Waals surface area contributed by atoms with E-state index in [0.717, 1.165) is 0 Å². The van der Waals surface area contributed by atoms with Gasteiger partial charge < -0.3 is 5.73 Å². The SMILES string of the molecule is CC1(N)CC12CC2. The van der Waals surface area contributed by atoms with Crippen molar-refractivity contribution in [2.24, 2.45) is 11.1 Å². The quantitative estimate of drug-likeness (QED) is 0.477. The molecule has 0 aromatic heterocycles. The largest absolute Gasteiger partial charge is 0.325 e. The third-order valence-corrected chi connectivity index (χ3v) is 2.65. The van der Waals surface area contributed by atoms with Crippen LogP contribution in [0.4, 0.5) is 0 Å². The van der Waals surface area contributed by atoms with Gasteiger partial charge in [0.2, 0.25) is 0 Å². The van der Waals surface area contributed by atoms with Gasteiger partial charge in [-0.3, -0.25) is 0 Å². The first-order valence-corrected chi connectivity index (χ1v) is 2.95. The Balaban J connectivity index is 2.22. The monoisotopic (exact) mass is 97.1 g/mol. The van der Waals surface area contributed by atoms with Crippen molar-refractivity contribution in [3.63, 3.8) is 0 Å². The van der Waals surface area contributed by atoms with E-state index in [4.69, 9.17) is 5.73 Å². The topological polar surface area (TPSA) is 26.0 Å². The highest BCUT2D eigenvalue weighted by atomic mass is 14.9. The van der Waals surface area contributed by atoms with Gasteiger partial charge in [0, 0.05) is 5.54 Å². The second-order valence-electron chi connectivity index (χ2n) is 3.37. The van der Waals surface area contributed by atoms with Gasteiger partial charge in [0.25, 0.3) is 0 Å². The molecular weight excluding hydrogens is 86.1 g/mol. The first-order valence-electron chi connectivity index (χ1n) is 2.95. The molecule has 0 aliphatic heterocycles. The van der Waals surface area contributed by atoms with Crippen LogP contribution in [0, 0.1) is 5.41 Å². The first kappa shape index (κ1) is 3.90. The number of hydrogen-bond acceptors (Lipinski definition) is 1. The molecule has 1 heteroatoms. The molecule has 1 atom stereocenters. The number of hydrogen-bond donors (Lipinski definition) is 1. The lowest BCUT2D eigenvalue weighted by Crippen LogP contribution is -2.19. The zero-order chi connectivity index (χ0) is 5.12. The van der Waals surface area contributed by atoms with E-state index in [0.29, 0.717) is 5.41 Å². The average Bonchev–Trinajstić information content (AvgIpc) is 2.22.